The molecule has 0 fully saturated rings. The average Bonchev–Trinajstić information content (AvgIpc) is 2.35. The summed E-state index contributed by atoms with van der Waals surface area (Å²) < 4.78 is 5.07. The highest BCUT2D eigenvalue weighted by atomic mass is 16.6. The molecule has 1 atom stereocenters. The number of rotatable bonds is 7. The fraction of sp³-hybridized carbons (Fsp3) is 0.538. The molecule has 1 N–H and O–H groups in total. The van der Waals surface area contributed by atoms with Gasteiger partial charge in [0, 0.05) is 23.9 Å². The molecule has 1 unspecified atom stereocenters. The summed E-state index contributed by atoms with van der Waals surface area (Å²) in [5.74, 6) is 0.483. The van der Waals surface area contributed by atoms with Crippen molar-refractivity contribution in [1.82, 2.24) is 4.90 Å². The van der Waals surface area contributed by atoms with Crippen LogP contribution in [-0.4, -0.2) is 43.6 Å². The summed E-state index contributed by atoms with van der Waals surface area (Å²) in [4.78, 5) is 12.5. The lowest BCUT2D eigenvalue weighted by Crippen LogP contribution is -2.23. The summed E-state index contributed by atoms with van der Waals surface area (Å²) in [6, 6.07) is 4.93. The Morgan fingerprint density at radius 2 is 2.11 bits per heavy atom. The lowest BCUT2D eigenvalue weighted by atomic mass is 10.2. The van der Waals surface area contributed by atoms with Crippen LogP contribution < -0.4 is 10.1 Å². The van der Waals surface area contributed by atoms with Gasteiger partial charge in [-0.3, -0.25) is 10.1 Å². The zero-order valence-corrected chi connectivity index (χ0v) is 11.8. The second-order valence-electron chi connectivity index (χ2n) is 4.81. The minimum absolute atomic E-state index is 0.0293. The monoisotopic (exact) mass is 267 g/mol. The van der Waals surface area contributed by atoms with E-state index in [9.17, 15) is 10.1 Å². The summed E-state index contributed by atoms with van der Waals surface area (Å²) >= 11 is 0. The van der Waals surface area contributed by atoms with Crippen LogP contribution in [-0.2, 0) is 0 Å². The minimum atomic E-state index is -0.418. The molecule has 0 amide bonds. The SMILES string of the molecule is COc1cc(NC(C)CCN(C)C)cc([N+](=O)[O-])c1. The molecule has 0 aliphatic rings. The number of hydrogen-bond acceptors (Lipinski definition) is 5. The van der Waals surface area contributed by atoms with Gasteiger partial charge in [0.25, 0.3) is 5.69 Å². The molecule has 6 nitrogen and oxygen atoms in total. The van der Waals surface area contributed by atoms with Gasteiger partial charge >= 0.3 is 0 Å². The van der Waals surface area contributed by atoms with E-state index in [1.165, 1.54) is 19.2 Å². The van der Waals surface area contributed by atoms with E-state index in [1.54, 1.807) is 6.07 Å². The van der Waals surface area contributed by atoms with E-state index in [0.717, 1.165) is 13.0 Å². The van der Waals surface area contributed by atoms with Gasteiger partial charge in [-0.2, -0.15) is 0 Å². The summed E-state index contributed by atoms with van der Waals surface area (Å²) in [5, 5.41) is 14.1. The summed E-state index contributed by atoms with van der Waals surface area (Å²) in [6.07, 6.45) is 0.956. The number of anilines is 1. The molecule has 0 aliphatic heterocycles. The molecule has 0 heterocycles. The molecule has 0 saturated heterocycles. The Hall–Kier alpha value is -1.82. The molecular formula is C13H21N3O3. The average molecular weight is 267 g/mol. The second-order valence-corrected chi connectivity index (χ2v) is 4.81. The molecule has 106 valence electrons. The van der Waals surface area contributed by atoms with Crippen molar-refractivity contribution < 1.29 is 9.66 Å². The number of non-ortho nitro benzene ring substituents is 1. The lowest BCUT2D eigenvalue weighted by Gasteiger charge is -2.18. The van der Waals surface area contributed by atoms with E-state index in [-0.39, 0.29) is 11.7 Å². The number of hydrogen-bond donors (Lipinski definition) is 1. The first-order valence-corrected chi connectivity index (χ1v) is 6.17. The van der Waals surface area contributed by atoms with Gasteiger partial charge in [0.2, 0.25) is 0 Å². The topological polar surface area (TPSA) is 67.6 Å². The predicted molar refractivity (Wildman–Crippen MR) is 75.9 cm³/mol. The molecule has 0 saturated carbocycles. The molecule has 6 heteroatoms. The Morgan fingerprint density at radius 1 is 1.42 bits per heavy atom. The van der Waals surface area contributed by atoms with Crippen LogP contribution in [0.3, 0.4) is 0 Å². The van der Waals surface area contributed by atoms with Gasteiger partial charge in [-0.1, -0.05) is 0 Å². The Labute approximate surface area is 113 Å². The largest absolute Gasteiger partial charge is 0.496 e. The van der Waals surface area contributed by atoms with Crippen molar-refractivity contribution in [3.05, 3.63) is 28.3 Å². The lowest BCUT2D eigenvalue weighted by molar-refractivity contribution is -0.384. The molecule has 1 aromatic carbocycles. The first-order valence-electron chi connectivity index (χ1n) is 6.17. The van der Waals surface area contributed by atoms with Crippen molar-refractivity contribution in [2.45, 2.75) is 19.4 Å². The van der Waals surface area contributed by atoms with Crippen LogP contribution in [0, 0.1) is 10.1 Å². The van der Waals surface area contributed by atoms with Crippen LogP contribution in [0.5, 0.6) is 5.75 Å². The van der Waals surface area contributed by atoms with Crippen molar-refractivity contribution in [1.29, 1.82) is 0 Å². The minimum Gasteiger partial charge on any atom is -0.496 e. The zero-order valence-electron chi connectivity index (χ0n) is 11.8. The highest BCUT2D eigenvalue weighted by Gasteiger charge is 2.11. The predicted octanol–water partition coefficient (Wildman–Crippen LogP) is 2.36. The van der Waals surface area contributed by atoms with Gasteiger partial charge in [-0.05, 0) is 34.0 Å². The van der Waals surface area contributed by atoms with Gasteiger partial charge in [0.1, 0.15) is 5.75 Å². The maximum Gasteiger partial charge on any atom is 0.275 e. The maximum absolute atomic E-state index is 10.8. The number of nitro groups is 1. The Kier molecular flexibility index (Phi) is 5.57. The molecule has 0 bridgehead atoms. The second kappa shape index (κ2) is 6.94. The molecule has 1 aromatic rings. The van der Waals surface area contributed by atoms with Crippen molar-refractivity contribution >= 4 is 11.4 Å². The van der Waals surface area contributed by atoms with Gasteiger partial charge < -0.3 is 15.0 Å². The van der Waals surface area contributed by atoms with Crippen molar-refractivity contribution in [3.8, 4) is 5.75 Å². The van der Waals surface area contributed by atoms with Gasteiger partial charge in [-0.25, -0.2) is 0 Å². The van der Waals surface area contributed by atoms with Crippen molar-refractivity contribution in [2.75, 3.05) is 33.1 Å². The number of nitro benzene ring substituents is 1. The van der Waals surface area contributed by atoms with E-state index in [0.29, 0.717) is 11.4 Å². The normalized spacial score (nSPS) is 12.3. The Bertz CT molecular complexity index is 435. The molecule has 0 aromatic heterocycles. The van der Waals surface area contributed by atoms with E-state index in [1.807, 2.05) is 14.1 Å². The van der Waals surface area contributed by atoms with Crippen LogP contribution in [0.25, 0.3) is 0 Å². The van der Waals surface area contributed by atoms with Gasteiger partial charge in [-0.15, -0.1) is 0 Å². The molecule has 19 heavy (non-hydrogen) atoms. The van der Waals surface area contributed by atoms with Gasteiger partial charge in [0.15, 0.2) is 0 Å². The highest BCUT2D eigenvalue weighted by Crippen LogP contribution is 2.26. The highest BCUT2D eigenvalue weighted by molar-refractivity contribution is 5.56. The van der Waals surface area contributed by atoms with E-state index in [2.05, 4.69) is 17.1 Å². The van der Waals surface area contributed by atoms with Crippen LogP contribution >= 0.6 is 0 Å². The number of methoxy groups -OCH3 is 1. The fourth-order valence-corrected chi connectivity index (χ4v) is 1.70. The Balaban J connectivity index is 2.76. The number of ether oxygens (including phenoxy) is 1. The van der Waals surface area contributed by atoms with Crippen LogP contribution in [0.15, 0.2) is 18.2 Å². The molecule has 0 radical (unpaired) electrons. The molecule has 0 aliphatic carbocycles. The summed E-state index contributed by atoms with van der Waals surface area (Å²) in [6.45, 7) is 3.01. The Morgan fingerprint density at radius 3 is 2.63 bits per heavy atom. The third-order valence-electron chi connectivity index (χ3n) is 2.76. The first-order chi connectivity index (χ1) is 8.92. The zero-order chi connectivity index (χ0) is 14.4. The van der Waals surface area contributed by atoms with Crippen molar-refractivity contribution in [3.63, 3.8) is 0 Å². The van der Waals surface area contributed by atoms with Crippen LogP contribution in [0.2, 0.25) is 0 Å². The maximum atomic E-state index is 10.8. The van der Waals surface area contributed by atoms with Crippen LogP contribution in [0.1, 0.15) is 13.3 Å². The fourth-order valence-electron chi connectivity index (χ4n) is 1.70. The van der Waals surface area contributed by atoms with E-state index in [4.69, 9.17) is 4.74 Å². The van der Waals surface area contributed by atoms with E-state index >= 15 is 0 Å². The van der Waals surface area contributed by atoms with Crippen molar-refractivity contribution in [2.24, 2.45) is 0 Å². The third kappa shape index (κ3) is 5.13. The number of benzene rings is 1. The summed E-state index contributed by atoms with van der Waals surface area (Å²) in [7, 11) is 5.53. The standard InChI is InChI=1S/C13H21N3O3/c1-10(5-6-15(2)3)14-11-7-12(16(17)18)9-13(8-11)19-4/h7-10,14H,5-6H2,1-4H3. The molecule has 0 spiro atoms. The quantitative estimate of drug-likeness (QED) is 0.606. The number of nitrogens with zero attached hydrogens (tertiary/aromatic N) is 2. The summed E-state index contributed by atoms with van der Waals surface area (Å²) in [5.41, 5.74) is 0.735. The smallest absolute Gasteiger partial charge is 0.275 e. The molecule has 1 rings (SSSR count). The number of nitrogens with one attached hydrogen (secondary N) is 1. The first kappa shape index (κ1) is 15.2. The van der Waals surface area contributed by atoms with E-state index < -0.39 is 4.92 Å². The molecular weight excluding hydrogens is 246 g/mol. The van der Waals surface area contributed by atoms with Crippen LogP contribution in [0.4, 0.5) is 11.4 Å². The van der Waals surface area contributed by atoms with Gasteiger partial charge in [0.05, 0.1) is 18.1 Å². The third-order valence-corrected chi connectivity index (χ3v) is 2.76.